The fourth-order valence-corrected chi connectivity index (χ4v) is 2.11. The van der Waals surface area contributed by atoms with Gasteiger partial charge in [-0.15, -0.1) is 22.9 Å². The number of aromatic nitrogens is 1. The van der Waals surface area contributed by atoms with Crippen molar-refractivity contribution in [3.05, 3.63) is 46.2 Å². The molecule has 5 heteroatoms. The molecule has 0 aliphatic carbocycles. The third-order valence-corrected chi connectivity index (χ3v) is 3.04. The summed E-state index contributed by atoms with van der Waals surface area (Å²) < 4.78 is 18.2. The number of alkyl halides is 1. The predicted molar refractivity (Wildman–Crippen MR) is 62.4 cm³/mol. The van der Waals surface area contributed by atoms with Gasteiger partial charge in [-0.3, -0.25) is 0 Å². The highest BCUT2D eigenvalue weighted by atomic mass is 35.5. The van der Waals surface area contributed by atoms with Crippen molar-refractivity contribution in [3.63, 3.8) is 0 Å². The maximum absolute atomic E-state index is 12.8. The van der Waals surface area contributed by atoms with Gasteiger partial charge in [-0.25, -0.2) is 9.37 Å². The first-order valence-corrected chi connectivity index (χ1v) is 6.07. The topological polar surface area (TPSA) is 22.1 Å². The van der Waals surface area contributed by atoms with Crippen LogP contribution in [0.1, 0.15) is 10.7 Å². The molecule has 0 saturated heterocycles. The number of rotatable bonds is 4. The molecule has 1 aromatic carbocycles. The summed E-state index contributed by atoms with van der Waals surface area (Å²) in [5, 5.41) is 2.72. The summed E-state index contributed by atoms with van der Waals surface area (Å²) in [6.07, 6.45) is 0. The molecule has 0 fully saturated rings. The molecular weight excluding hydrogens is 249 g/mol. The van der Waals surface area contributed by atoms with Crippen molar-refractivity contribution < 1.29 is 9.13 Å². The average molecular weight is 258 g/mol. The summed E-state index contributed by atoms with van der Waals surface area (Å²) in [6, 6.07) is 6.04. The molecule has 0 radical (unpaired) electrons. The van der Waals surface area contributed by atoms with Crippen molar-refractivity contribution in [1.82, 2.24) is 4.98 Å². The minimum absolute atomic E-state index is 0.307. The van der Waals surface area contributed by atoms with Gasteiger partial charge in [-0.05, 0) is 12.1 Å². The summed E-state index contributed by atoms with van der Waals surface area (Å²) in [7, 11) is 0. The lowest BCUT2D eigenvalue weighted by Crippen LogP contribution is -1.95. The summed E-state index contributed by atoms with van der Waals surface area (Å²) in [5.74, 6) is 0.594. The van der Waals surface area contributed by atoms with Crippen LogP contribution in [0, 0.1) is 5.82 Å². The van der Waals surface area contributed by atoms with Gasteiger partial charge in [-0.2, -0.15) is 0 Å². The molecule has 0 saturated carbocycles. The lowest BCUT2D eigenvalue weighted by molar-refractivity contribution is 0.304. The molecule has 2 aromatic rings. The van der Waals surface area contributed by atoms with E-state index in [1.54, 1.807) is 12.1 Å². The van der Waals surface area contributed by atoms with E-state index < -0.39 is 0 Å². The van der Waals surface area contributed by atoms with E-state index in [4.69, 9.17) is 16.3 Å². The van der Waals surface area contributed by atoms with Gasteiger partial charge >= 0.3 is 0 Å². The quantitative estimate of drug-likeness (QED) is 0.781. The monoisotopic (exact) mass is 257 g/mol. The molecule has 84 valence electrons. The second kappa shape index (κ2) is 5.27. The van der Waals surface area contributed by atoms with E-state index >= 15 is 0 Å². The molecule has 1 heterocycles. The lowest BCUT2D eigenvalue weighted by atomic mass is 10.3. The van der Waals surface area contributed by atoms with Crippen LogP contribution in [0.5, 0.6) is 5.75 Å². The van der Waals surface area contributed by atoms with Gasteiger partial charge in [0, 0.05) is 11.4 Å². The minimum atomic E-state index is -0.307. The molecule has 2 rings (SSSR count). The van der Waals surface area contributed by atoms with Crippen molar-refractivity contribution in [2.45, 2.75) is 12.5 Å². The Labute approximate surface area is 102 Å². The zero-order valence-electron chi connectivity index (χ0n) is 8.32. The number of nitrogens with zero attached hydrogens (tertiary/aromatic N) is 1. The van der Waals surface area contributed by atoms with Gasteiger partial charge in [0.2, 0.25) is 0 Å². The van der Waals surface area contributed by atoms with E-state index in [0.29, 0.717) is 18.2 Å². The number of hydrogen-bond donors (Lipinski definition) is 0. The van der Waals surface area contributed by atoms with E-state index in [0.717, 1.165) is 10.7 Å². The van der Waals surface area contributed by atoms with Crippen LogP contribution in [-0.4, -0.2) is 4.98 Å². The van der Waals surface area contributed by atoms with Crippen molar-refractivity contribution in [2.75, 3.05) is 0 Å². The zero-order valence-corrected chi connectivity index (χ0v) is 9.89. The summed E-state index contributed by atoms with van der Waals surface area (Å²) >= 11 is 7.12. The average Bonchev–Trinajstić information content (AvgIpc) is 2.74. The van der Waals surface area contributed by atoms with Crippen LogP contribution in [0.3, 0.4) is 0 Å². The minimum Gasteiger partial charge on any atom is -0.486 e. The van der Waals surface area contributed by atoms with Crippen LogP contribution in [-0.2, 0) is 12.5 Å². The molecular formula is C11H9ClFNOS. The van der Waals surface area contributed by atoms with Gasteiger partial charge < -0.3 is 4.74 Å². The van der Waals surface area contributed by atoms with Crippen molar-refractivity contribution >= 4 is 22.9 Å². The van der Waals surface area contributed by atoms with Crippen molar-refractivity contribution in [3.8, 4) is 5.75 Å². The highest BCUT2D eigenvalue weighted by molar-refractivity contribution is 7.09. The third-order valence-electron chi connectivity index (χ3n) is 1.89. The molecule has 0 atom stereocenters. The Morgan fingerprint density at radius 3 is 3.00 bits per heavy atom. The first-order chi connectivity index (χ1) is 7.78. The predicted octanol–water partition coefficient (Wildman–Crippen LogP) is 3.60. The van der Waals surface area contributed by atoms with E-state index in [9.17, 15) is 4.39 Å². The number of benzene rings is 1. The molecule has 0 bridgehead atoms. The Hall–Kier alpha value is -1.13. The van der Waals surface area contributed by atoms with Crippen LogP contribution in [0.4, 0.5) is 4.39 Å². The van der Waals surface area contributed by atoms with E-state index in [1.165, 1.54) is 23.5 Å². The van der Waals surface area contributed by atoms with E-state index in [1.807, 2.05) is 5.38 Å². The number of ether oxygens (including phenoxy) is 1. The lowest BCUT2D eigenvalue weighted by Gasteiger charge is -2.03. The van der Waals surface area contributed by atoms with Crippen molar-refractivity contribution in [1.29, 1.82) is 0 Å². The zero-order chi connectivity index (χ0) is 11.4. The molecule has 1 aromatic heterocycles. The van der Waals surface area contributed by atoms with Crippen LogP contribution >= 0.6 is 22.9 Å². The highest BCUT2D eigenvalue weighted by Gasteiger charge is 2.02. The van der Waals surface area contributed by atoms with Gasteiger partial charge in [-0.1, -0.05) is 6.07 Å². The van der Waals surface area contributed by atoms with Gasteiger partial charge in [0.25, 0.3) is 0 Å². The molecule has 0 N–H and O–H groups in total. The second-order valence-corrected chi connectivity index (χ2v) is 4.32. The third kappa shape index (κ3) is 2.93. The molecule has 0 spiro atoms. The van der Waals surface area contributed by atoms with E-state index in [-0.39, 0.29) is 5.82 Å². The molecule has 0 aliphatic heterocycles. The first kappa shape index (κ1) is 11.4. The smallest absolute Gasteiger partial charge is 0.140 e. The summed E-state index contributed by atoms with van der Waals surface area (Å²) in [4.78, 5) is 4.23. The van der Waals surface area contributed by atoms with Gasteiger partial charge in [0.15, 0.2) is 0 Å². The Balaban J connectivity index is 1.96. The normalized spacial score (nSPS) is 10.4. The first-order valence-electron chi connectivity index (χ1n) is 4.65. The van der Waals surface area contributed by atoms with Crippen molar-refractivity contribution in [2.24, 2.45) is 0 Å². The molecule has 0 unspecified atom stereocenters. The van der Waals surface area contributed by atoms with E-state index in [2.05, 4.69) is 4.98 Å². The summed E-state index contributed by atoms with van der Waals surface area (Å²) in [6.45, 7) is 0.338. The number of hydrogen-bond acceptors (Lipinski definition) is 3. The van der Waals surface area contributed by atoms with Crippen LogP contribution < -0.4 is 4.74 Å². The molecule has 16 heavy (non-hydrogen) atoms. The fraction of sp³-hybridized carbons (Fsp3) is 0.182. The summed E-state index contributed by atoms with van der Waals surface area (Å²) in [5.41, 5.74) is 0.838. The molecule has 0 aliphatic rings. The fourth-order valence-electron chi connectivity index (χ4n) is 1.18. The second-order valence-electron chi connectivity index (χ2n) is 3.11. The molecule has 0 amide bonds. The van der Waals surface area contributed by atoms with Crippen LogP contribution in [0.25, 0.3) is 0 Å². The Morgan fingerprint density at radius 2 is 2.31 bits per heavy atom. The Kier molecular flexibility index (Phi) is 3.74. The largest absolute Gasteiger partial charge is 0.486 e. The standard InChI is InChI=1S/C11H9ClFNOS/c12-5-9-7-16-11(14-9)6-15-10-3-1-2-8(13)4-10/h1-4,7H,5-6H2. The maximum Gasteiger partial charge on any atom is 0.140 e. The SMILES string of the molecule is Fc1cccc(OCc2nc(CCl)cs2)c1. The van der Waals surface area contributed by atoms with Gasteiger partial charge in [0.1, 0.15) is 23.2 Å². The van der Waals surface area contributed by atoms with Crippen LogP contribution in [0.15, 0.2) is 29.6 Å². The maximum atomic E-state index is 12.8. The molecule has 2 nitrogen and oxygen atoms in total. The Morgan fingerprint density at radius 1 is 1.44 bits per heavy atom. The highest BCUT2D eigenvalue weighted by Crippen LogP contribution is 2.16. The van der Waals surface area contributed by atoms with Crippen LogP contribution in [0.2, 0.25) is 0 Å². The Bertz CT molecular complexity index is 475. The van der Waals surface area contributed by atoms with Gasteiger partial charge in [0.05, 0.1) is 11.6 Å². The number of halogens is 2. The number of thiazole rings is 1.